The van der Waals surface area contributed by atoms with Gasteiger partial charge in [-0.25, -0.2) is 9.97 Å². The monoisotopic (exact) mass is 253 g/mol. The van der Waals surface area contributed by atoms with Gasteiger partial charge in [0.15, 0.2) is 0 Å². The number of carbonyl (C=O) groups is 1. The van der Waals surface area contributed by atoms with Crippen LogP contribution >= 0.6 is 11.6 Å². The fourth-order valence-corrected chi connectivity index (χ4v) is 2.45. The number of carbonyl (C=O) groups excluding carboxylic acids is 1. The normalized spacial score (nSPS) is 16.1. The van der Waals surface area contributed by atoms with Crippen LogP contribution in [-0.4, -0.2) is 33.4 Å². The summed E-state index contributed by atoms with van der Waals surface area (Å²) in [6, 6.07) is 0.366. The maximum atomic E-state index is 12.3. The van der Waals surface area contributed by atoms with Gasteiger partial charge in [-0.2, -0.15) is 0 Å². The average Bonchev–Trinajstić information content (AvgIpc) is 2.84. The molecule has 0 radical (unpaired) electrons. The highest BCUT2D eigenvalue weighted by molar-refractivity contribution is 6.29. The predicted molar refractivity (Wildman–Crippen MR) is 66.0 cm³/mol. The standard InChI is InChI=1S/C12H16ClN3O/c1-2-16(9-5-3-4-6-9)12(17)10-7-15-11(13)8-14-10/h7-9H,2-6H2,1H3. The topological polar surface area (TPSA) is 46.1 Å². The highest BCUT2D eigenvalue weighted by Crippen LogP contribution is 2.24. The van der Waals surface area contributed by atoms with Crippen molar-refractivity contribution >= 4 is 17.5 Å². The molecular weight excluding hydrogens is 238 g/mol. The number of hydrogen-bond acceptors (Lipinski definition) is 3. The van der Waals surface area contributed by atoms with Crippen LogP contribution in [0.2, 0.25) is 5.15 Å². The molecule has 17 heavy (non-hydrogen) atoms. The van der Waals surface area contributed by atoms with Crippen molar-refractivity contribution in [2.45, 2.75) is 38.6 Å². The van der Waals surface area contributed by atoms with Crippen molar-refractivity contribution in [2.75, 3.05) is 6.54 Å². The third kappa shape index (κ3) is 2.75. The van der Waals surface area contributed by atoms with E-state index in [0.29, 0.717) is 23.4 Å². The van der Waals surface area contributed by atoms with Crippen molar-refractivity contribution in [3.05, 3.63) is 23.2 Å². The molecule has 0 spiro atoms. The highest BCUT2D eigenvalue weighted by atomic mass is 35.5. The van der Waals surface area contributed by atoms with E-state index < -0.39 is 0 Å². The van der Waals surface area contributed by atoms with Gasteiger partial charge in [0.05, 0.1) is 12.4 Å². The van der Waals surface area contributed by atoms with E-state index in [9.17, 15) is 4.79 Å². The van der Waals surface area contributed by atoms with E-state index in [2.05, 4.69) is 9.97 Å². The van der Waals surface area contributed by atoms with Crippen LogP contribution in [0.15, 0.2) is 12.4 Å². The minimum absolute atomic E-state index is 0.0384. The molecular formula is C12H16ClN3O. The number of amides is 1. The zero-order valence-corrected chi connectivity index (χ0v) is 10.7. The molecule has 1 aliphatic carbocycles. The molecule has 1 saturated carbocycles. The average molecular weight is 254 g/mol. The third-order valence-corrected chi connectivity index (χ3v) is 3.40. The first-order valence-electron chi connectivity index (χ1n) is 6.01. The highest BCUT2D eigenvalue weighted by Gasteiger charge is 2.26. The Hall–Kier alpha value is -1.16. The van der Waals surface area contributed by atoms with E-state index in [0.717, 1.165) is 12.8 Å². The Bertz CT molecular complexity index is 387. The van der Waals surface area contributed by atoms with Gasteiger partial charge in [-0.05, 0) is 19.8 Å². The lowest BCUT2D eigenvalue weighted by atomic mass is 10.2. The van der Waals surface area contributed by atoms with Crippen molar-refractivity contribution in [3.8, 4) is 0 Å². The van der Waals surface area contributed by atoms with E-state index in [4.69, 9.17) is 11.6 Å². The molecule has 2 rings (SSSR count). The maximum absolute atomic E-state index is 12.3. The Balaban J connectivity index is 2.13. The van der Waals surface area contributed by atoms with Crippen LogP contribution in [0, 0.1) is 0 Å². The van der Waals surface area contributed by atoms with Gasteiger partial charge < -0.3 is 4.90 Å². The van der Waals surface area contributed by atoms with Crippen molar-refractivity contribution < 1.29 is 4.79 Å². The van der Waals surface area contributed by atoms with Gasteiger partial charge in [-0.1, -0.05) is 24.4 Å². The Morgan fingerprint density at radius 3 is 2.65 bits per heavy atom. The second kappa shape index (κ2) is 5.45. The molecule has 0 saturated heterocycles. The van der Waals surface area contributed by atoms with Crippen molar-refractivity contribution in [1.82, 2.24) is 14.9 Å². The second-order valence-electron chi connectivity index (χ2n) is 4.25. The van der Waals surface area contributed by atoms with E-state index in [1.54, 1.807) is 0 Å². The molecule has 0 N–H and O–H groups in total. The molecule has 1 fully saturated rings. The molecule has 92 valence electrons. The van der Waals surface area contributed by atoms with Crippen molar-refractivity contribution in [3.63, 3.8) is 0 Å². The molecule has 1 aliphatic rings. The summed E-state index contributed by atoms with van der Waals surface area (Å²) in [7, 11) is 0. The number of rotatable bonds is 3. The van der Waals surface area contributed by atoms with Gasteiger partial charge in [0.25, 0.3) is 5.91 Å². The van der Waals surface area contributed by atoms with Crippen LogP contribution in [0.1, 0.15) is 43.1 Å². The fraction of sp³-hybridized carbons (Fsp3) is 0.583. The SMILES string of the molecule is CCN(C(=O)c1cnc(Cl)cn1)C1CCCC1. The summed E-state index contributed by atoms with van der Waals surface area (Å²) in [5.41, 5.74) is 0.378. The van der Waals surface area contributed by atoms with Gasteiger partial charge in [-0.3, -0.25) is 4.79 Å². The largest absolute Gasteiger partial charge is 0.335 e. The molecule has 1 aromatic heterocycles. The van der Waals surface area contributed by atoms with E-state index in [-0.39, 0.29) is 5.91 Å². The smallest absolute Gasteiger partial charge is 0.274 e. The van der Waals surface area contributed by atoms with Crippen molar-refractivity contribution in [1.29, 1.82) is 0 Å². The third-order valence-electron chi connectivity index (χ3n) is 3.21. The Morgan fingerprint density at radius 2 is 2.12 bits per heavy atom. The first kappa shape index (κ1) is 12.3. The molecule has 0 unspecified atom stereocenters. The number of hydrogen-bond donors (Lipinski definition) is 0. The molecule has 0 aliphatic heterocycles. The van der Waals surface area contributed by atoms with Crippen LogP contribution in [-0.2, 0) is 0 Å². The number of nitrogens with zero attached hydrogens (tertiary/aromatic N) is 3. The van der Waals surface area contributed by atoms with Crippen molar-refractivity contribution in [2.24, 2.45) is 0 Å². The Morgan fingerprint density at radius 1 is 1.41 bits per heavy atom. The first-order valence-corrected chi connectivity index (χ1v) is 6.38. The Labute approximate surface area is 106 Å². The van der Waals surface area contributed by atoms with E-state index in [1.807, 2.05) is 11.8 Å². The Kier molecular flexibility index (Phi) is 3.94. The van der Waals surface area contributed by atoms with Crippen LogP contribution in [0.25, 0.3) is 0 Å². The molecule has 1 aromatic rings. The van der Waals surface area contributed by atoms with Gasteiger partial charge in [0.2, 0.25) is 0 Å². The number of aromatic nitrogens is 2. The van der Waals surface area contributed by atoms with Crippen LogP contribution < -0.4 is 0 Å². The summed E-state index contributed by atoms with van der Waals surface area (Å²) in [5, 5.41) is 0.311. The molecule has 1 heterocycles. The summed E-state index contributed by atoms with van der Waals surface area (Å²) < 4.78 is 0. The molecule has 0 bridgehead atoms. The van der Waals surface area contributed by atoms with Gasteiger partial charge in [0.1, 0.15) is 10.8 Å². The zero-order chi connectivity index (χ0) is 12.3. The summed E-state index contributed by atoms with van der Waals surface area (Å²) in [4.78, 5) is 22.1. The minimum atomic E-state index is -0.0384. The first-order chi connectivity index (χ1) is 8.22. The lowest BCUT2D eigenvalue weighted by Crippen LogP contribution is -2.39. The van der Waals surface area contributed by atoms with Gasteiger partial charge >= 0.3 is 0 Å². The summed E-state index contributed by atoms with van der Waals surface area (Å²) in [5.74, 6) is -0.0384. The second-order valence-corrected chi connectivity index (χ2v) is 4.64. The lowest BCUT2D eigenvalue weighted by molar-refractivity contribution is 0.0687. The van der Waals surface area contributed by atoms with Gasteiger partial charge in [-0.15, -0.1) is 0 Å². The molecule has 4 nitrogen and oxygen atoms in total. The molecule has 0 aromatic carbocycles. The van der Waals surface area contributed by atoms with E-state index in [1.165, 1.54) is 25.2 Å². The lowest BCUT2D eigenvalue weighted by Gasteiger charge is -2.27. The summed E-state index contributed by atoms with van der Waals surface area (Å²) in [6.07, 6.45) is 7.47. The fourth-order valence-electron chi connectivity index (χ4n) is 2.35. The molecule has 0 atom stereocenters. The summed E-state index contributed by atoms with van der Waals surface area (Å²) in [6.45, 7) is 2.72. The predicted octanol–water partition coefficient (Wildman–Crippen LogP) is 2.53. The van der Waals surface area contributed by atoms with E-state index >= 15 is 0 Å². The van der Waals surface area contributed by atoms with Gasteiger partial charge in [0, 0.05) is 12.6 Å². The quantitative estimate of drug-likeness (QED) is 0.832. The summed E-state index contributed by atoms with van der Waals surface area (Å²) >= 11 is 5.66. The zero-order valence-electron chi connectivity index (χ0n) is 9.90. The van der Waals surface area contributed by atoms with Crippen LogP contribution in [0.5, 0.6) is 0 Å². The number of halogens is 1. The molecule has 5 heteroatoms. The molecule has 1 amide bonds. The van der Waals surface area contributed by atoms with Crippen LogP contribution in [0.3, 0.4) is 0 Å². The minimum Gasteiger partial charge on any atom is -0.335 e. The van der Waals surface area contributed by atoms with Crippen LogP contribution in [0.4, 0.5) is 0 Å². The maximum Gasteiger partial charge on any atom is 0.274 e.